The van der Waals surface area contributed by atoms with Crippen molar-refractivity contribution in [3.63, 3.8) is 0 Å². The standard InChI is InChI=1S/C20H30N2O4/c1-2-3-4-5-8-13-26-18-10-7-6-9-16(18)15-22-12-11-21-20(25)17(22)14-19(23)24/h6-7,9-10,17H,2-5,8,11-15H2,1H3,(H,21,25)(H,23,24). The number of carbonyl (C=O) groups excluding carboxylic acids is 1. The lowest BCUT2D eigenvalue weighted by atomic mass is 10.1. The van der Waals surface area contributed by atoms with E-state index in [0.29, 0.717) is 26.2 Å². The summed E-state index contributed by atoms with van der Waals surface area (Å²) in [5.41, 5.74) is 0.992. The Hall–Kier alpha value is -2.08. The van der Waals surface area contributed by atoms with E-state index in [9.17, 15) is 9.59 Å². The maximum Gasteiger partial charge on any atom is 0.305 e. The van der Waals surface area contributed by atoms with Gasteiger partial charge in [-0.15, -0.1) is 0 Å². The molecule has 1 heterocycles. The molecule has 6 nitrogen and oxygen atoms in total. The van der Waals surface area contributed by atoms with Crippen LogP contribution in [0.5, 0.6) is 5.75 Å². The number of aliphatic carboxylic acids is 1. The van der Waals surface area contributed by atoms with Crippen molar-refractivity contribution in [3.8, 4) is 5.75 Å². The van der Waals surface area contributed by atoms with Crippen LogP contribution in [0.15, 0.2) is 24.3 Å². The summed E-state index contributed by atoms with van der Waals surface area (Å²) in [5, 5.41) is 11.8. The molecule has 1 fully saturated rings. The van der Waals surface area contributed by atoms with Crippen LogP contribution in [0.4, 0.5) is 0 Å². The van der Waals surface area contributed by atoms with E-state index in [1.807, 2.05) is 29.2 Å². The number of carbonyl (C=O) groups is 2. The number of rotatable bonds is 11. The molecule has 2 N–H and O–H groups in total. The first-order valence-corrected chi connectivity index (χ1v) is 9.56. The van der Waals surface area contributed by atoms with Crippen molar-refractivity contribution in [3.05, 3.63) is 29.8 Å². The predicted molar refractivity (Wildman–Crippen MR) is 100 cm³/mol. The molecule has 144 valence electrons. The second kappa shape index (κ2) is 10.8. The number of amides is 1. The Labute approximate surface area is 155 Å². The molecule has 1 aromatic rings. The first kappa shape index (κ1) is 20.2. The van der Waals surface area contributed by atoms with E-state index in [1.165, 1.54) is 25.7 Å². The molecule has 0 spiro atoms. The zero-order chi connectivity index (χ0) is 18.8. The Balaban J connectivity index is 1.95. The Bertz CT molecular complexity index is 591. The van der Waals surface area contributed by atoms with Gasteiger partial charge >= 0.3 is 5.97 Å². The lowest BCUT2D eigenvalue weighted by Gasteiger charge is -2.34. The average molecular weight is 362 g/mol. The van der Waals surface area contributed by atoms with Gasteiger partial charge in [-0.05, 0) is 12.5 Å². The number of carboxylic acids is 1. The second-order valence-electron chi connectivity index (χ2n) is 6.75. The minimum atomic E-state index is -0.964. The summed E-state index contributed by atoms with van der Waals surface area (Å²) >= 11 is 0. The molecule has 1 aliphatic rings. The van der Waals surface area contributed by atoms with Crippen molar-refractivity contribution >= 4 is 11.9 Å². The SMILES string of the molecule is CCCCCCCOc1ccccc1CN1CCNC(=O)C1CC(=O)O. The van der Waals surface area contributed by atoms with E-state index >= 15 is 0 Å². The number of piperazine rings is 1. The zero-order valence-electron chi connectivity index (χ0n) is 15.6. The number of nitrogens with one attached hydrogen (secondary N) is 1. The van der Waals surface area contributed by atoms with E-state index in [1.54, 1.807) is 0 Å². The lowest BCUT2D eigenvalue weighted by Crippen LogP contribution is -2.55. The van der Waals surface area contributed by atoms with Crippen molar-refractivity contribution < 1.29 is 19.4 Å². The van der Waals surface area contributed by atoms with Gasteiger partial charge < -0.3 is 15.2 Å². The highest BCUT2D eigenvalue weighted by atomic mass is 16.5. The van der Waals surface area contributed by atoms with Crippen LogP contribution in [0.25, 0.3) is 0 Å². The van der Waals surface area contributed by atoms with Gasteiger partial charge in [-0.3, -0.25) is 14.5 Å². The van der Waals surface area contributed by atoms with Crippen molar-refractivity contribution in [1.29, 1.82) is 0 Å². The molecule has 0 bridgehead atoms. The molecule has 6 heteroatoms. The molecular formula is C20H30N2O4. The molecule has 26 heavy (non-hydrogen) atoms. The molecule has 1 aromatic carbocycles. The number of benzene rings is 1. The largest absolute Gasteiger partial charge is 0.493 e. The molecular weight excluding hydrogens is 332 g/mol. The van der Waals surface area contributed by atoms with Crippen molar-refractivity contribution in [2.45, 2.75) is 58.0 Å². The van der Waals surface area contributed by atoms with Gasteiger partial charge in [-0.2, -0.15) is 0 Å². The van der Waals surface area contributed by atoms with Gasteiger partial charge in [0, 0.05) is 25.2 Å². The van der Waals surface area contributed by atoms with Crippen LogP contribution in [-0.2, 0) is 16.1 Å². The summed E-state index contributed by atoms with van der Waals surface area (Å²) in [7, 11) is 0. The van der Waals surface area contributed by atoms with E-state index in [0.717, 1.165) is 17.7 Å². The minimum Gasteiger partial charge on any atom is -0.493 e. The molecule has 0 saturated carbocycles. The summed E-state index contributed by atoms with van der Waals surface area (Å²) in [5.74, 6) is -0.357. The fourth-order valence-electron chi connectivity index (χ4n) is 3.22. The molecule has 0 radical (unpaired) electrons. The molecule has 1 unspecified atom stereocenters. The summed E-state index contributed by atoms with van der Waals surface area (Å²) in [4.78, 5) is 25.1. The summed E-state index contributed by atoms with van der Waals surface area (Å²) in [6.07, 6.45) is 5.74. The molecule has 0 aliphatic carbocycles. The van der Waals surface area contributed by atoms with Crippen LogP contribution >= 0.6 is 0 Å². The van der Waals surface area contributed by atoms with E-state index in [2.05, 4.69) is 12.2 Å². The summed E-state index contributed by atoms with van der Waals surface area (Å²) in [6.45, 7) is 4.56. The van der Waals surface area contributed by atoms with Gasteiger partial charge in [0.05, 0.1) is 13.0 Å². The van der Waals surface area contributed by atoms with Crippen molar-refractivity contribution in [1.82, 2.24) is 10.2 Å². The van der Waals surface area contributed by atoms with Gasteiger partial charge in [0.2, 0.25) is 5.91 Å². The molecule has 1 amide bonds. The Morgan fingerprint density at radius 2 is 2.04 bits per heavy atom. The number of nitrogens with zero attached hydrogens (tertiary/aromatic N) is 1. The first-order chi connectivity index (χ1) is 12.6. The highest BCUT2D eigenvalue weighted by molar-refractivity contribution is 5.86. The van der Waals surface area contributed by atoms with Gasteiger partial charge in [0.25, 0.3) is 0 Å². The Morgan fingerprint density at radius 3 is 2.81 bits per heavy atom. The monoisotopic (exact) mass is 362 g/mol. The fraction of sp³-hybridized carbons (Fsp3) is 0.600. The predicted octanol–water partition coefficient (Wildman–Crippen LogP) is 2.81. The normalized spacial score (nSPS) is 17.7. The quantitative estimate of drug-likeness (QED) is 0.592. The third-order valence-electron chi connectivity index (χ3n) is 4.66. The molecule has 2 rings (SSSR count). The van der Waals surface area contributed by atoms with Crippen LogP contribution in [-0.4, -0.2) is 47.6 Å². The van der Waals surface area contributed by atoms with E-state index < -0.39 is 12.0 Å². The molecule has 1 atom stereocenters. The van der Waals surface area contributed by atoms with Crippen molar-refractivity contribution in [2.75, 3.05) is 19.7 Å². The number of para-hydroxylation sites is 1. The number of hydrogen-bond donors (Lipinski definition) is 2. The van der Waals surface area contributed by atoms with Crippen LogP contribution < -0.4 is 10.1 Å². The number of ether oxygens (including phenoxy) is 1. The van der Waals surface area contributed by atoms with Gasteiger partial charge in [-0.25, -0.2) is 0 Å². The van der Waals surface area contributed by atoms with Crippen LogP contribution in [0.3, 0.4) is 0 Å². The first-order valence-electron chi connectivity index (χ1n) is 9.56. The molecule has 1 aliphatic heterocycles. The van der Waals surface area contributed by atoms with Crippen LogP contribution in [0, 0.1) is 0 Å². The zero-order valence-corrected chi connectivity index (χ0v) is 15.6. The maximum absolute atomic E-state index is 12.1. The van der Waals surface area contributed by atoms with Crippen LogP contribution in [0.2, 0.25) is 0 Å². The number of carboxylic acid groups (broad SMARTS) is 1. The topological polar surface area (TPSA) is 78.9 Å². The van der Waals surface area contributed by atoms with Crippen molar-refractivity contribution in [2.24, 2.45) is 0 Å². The lowest BCUT2D eigenvalue weighted by molar-refractivity contribution is -0.143. The fourth-order valence-corrected chi connectivity index (χ4v) is 3.22. The van der Waals surface area contributed by atoms with Gasteiger partial charge in [-0.1, -0.05) is 50.8 Å². The van der Waals surface area contributed by atoms with Gasteiger partial charge in [0.1, 0.15) is 11.8 Å². The number of unbranched alkanes of at least 4 members (excludes halogenated alkanes) is 4. The minimum absolute atomic E-state index is 0.188. The van der Waals surface area contributed by atoms with Gasteiger partial charge in [0.15, 0.2) is 0 Å². The second-order valence-corrected chi connectivity index (χ2v) is 6.75. The summed E-state index contributed by atoms with van der Waals surface area (Å²) < 4.78 is 5.96. The van der Waals surface area contributed by atoms with E-state index in [4.69, 9.17) is 9.84 Å². The number of hydrogen-bond acceptors (Lipinski definition) is 4. The van der Waals surface area contributed by atoms with E-state index in [-0.39, 0.29) is 12.3 Å². The maximum atomic E-state index is 12.1. The highest BCUT2D eigenvalue weighted by Crippen LogP contribution is 2.23. The third kappa shape index (κ3) is 6.33. The van der Waals surface area contributed by atoms with Crippen LogP contribution in [0.1, 0.15) is 51.0 Å². The Kier molecular flexibility index (Phi) is 8.41. The smallest absolute Gasteiger partial charge is 0.305 e. The highest BCUT2D eigenvalue weighted by Gasteiger charge is 2.31. The molecule has 1 saturated heterocycles. The molecule has 0 aromatic heterocycles. The average Bonchev–Trinajstić information content (AvgIpc) is 2.62. The third-order valence-corrected chi connectivity index (χ3v) is 4.66. The Morgan fingerprint density at radius 1 is 1.27 bits per heavy atom. The summed E-state index contributed by atoms with van der Waals surface area (Å²) in [6, 6.07) is 7.17.